The highest BCUT2D eigenvalue weighted by Crippen LogP contribution is 2.13. The Morgan fingerprint density at radius 1 is 1.44 bits per heavy atom. The lowest BCUT2D eigenvalue weighted by Gasteiger charge is -2.03. The number of methoxy groups -OCH3 is 1. The molecule has 5 nitrogen and oxygen atoms in total. The topological polar surface area (TPSA) is 81.8 Å². The quantitative estimate of drug-likeness (QED) is 0.798. The molecule has 1 atom stereocenters. The molecule has 0 aliphatic rings. The fourth-order valence-corrected chi connectivity index (χ4v) is 2.30. The van der Waals surface area contributed by atoms with Crippen LogP contribution in [0.5, 0.6) is 0 Å². The van der Waals surface area contributed by atoms with E-state index in [1.807, 2.05) is 0 Å². The van der Waals surface area contributed by atoms with E-state index in [1.165, 1.54) is 13.4 Å². The molecule has 6 heteroatoms. The van der Waals surface area contributed by atoms with Gasteiger partial charge in [0.15, 0.2) is 0 Å². The molecule has 0 bridgehead atoms. The summed E-state index contributed by atoms with van der Waals surface area (Å²) in [6.07, 6.45) is 1.41. The van der Waals surface area contributed by atoms with Crippen molar-refractivity contribution in [1.82, 2.24) is 0 Å². The fourth-order valence-electron chi connectivity index (χ4n) is 1.12. The predicted octanol–water partition coefficient (Wildman–Crippen LogP) is 0.899. The van der Waals surface area contributed by atoms with Crippen LogP contribution >= 0.6 is 0 Å². The summed E-state index contributed by atoms with van der Waals surface area (Å²) in [4.78, 5) is 11.7. The van der Waals surface area contributed by atoms with Crippen LogP contribution in [0.3, 0.4) is 0 Å². The molecule has 88 valence electrons. The van der Waals surface area contributed by atoms with Gasteiger partial charge in [0.25, 0.3) is 5.91 Å². The molecule has 1 aromatic carbocycles. The first-order chi connectivity index (χ1) is 7.45. The van der Waals surface area contributed by atoms with Crippen molar-refractivity contribution in [1.29, 1.82) is 0 Å². The summed E-state index contributed by atoms with van der Waals surface area (Å²) < 4.78 is 20.3. The van der Waals surface area contributed by atoms with Crippen LogP contribution in [0.2, 0.25) is 0 Å². The number of anilines is 1. The summed E-state index contributed by atoms with van der Waals surface area (Å²) >= 11 is 0. The van der Waals surface area contributed by atoms with Gasteiger partial charge in [0, 0.05) is 23.9 Å². The average Bonchev–Trinajstić information content (AvgIpc) is 2.17. The third kappa shape index (κ3) is 3.32. The van der Waals surface area contributed by atoms with Crippen molar-refractivity contribution in [2.24, 2.45) is 4.36 Å². The number of ether oxygens (including phenoxy) is 1. The van der Waals surface area contributed by atoms with Crippen LogP contribution in [-0.4, -0.2) is 30.1 Å². The average molecular weight is 242 g/mol. The fraction of sp³-hybridized carbons (Fsp3) is 0.300. The highest BCUT2D eigenvalue weighted by Gasteiger charge is 2.08. The summed E-state index contributed by atoms with van der Waals surface area (Å²) in [5, 5.41) is 0. The molecule has 0 heterocycles. The second-order valence-corrected chi connectivity index (χ2v) is 5.55. The normalized spacial score (nSPS) is 14.1. The summed E-state index contributed by atoms with van der Waals surface area (Å²) in [6, 6.07) is 6.44. The Morgan fingerprint density at radius 3 is 2.50 bits per heavy atom. The largest absolute Gasteiger partial charge is 0.399 e. The lowest BCUT2D eigenvalue weighted by atomic mass is 10.3. The highest BCUT2D eigenvalue weighted by molar-refractivity contribution is 7.93. The van der Waals surface area contributed by atoms with Crippen LogP contribution in [0, 0.1) is 0 Å². The zero-order chi connectivity index (χ0) is 12.2. The van der Waals surface area contributed by atoms with Gasteiger partial charge in [-0.2, -0.15) is 4.36 Å². The number of hydrogen-bond donors (Lipinski definition) is 1. The lowest BCUT2D eigenvalue weighted by molar-refractivity contribution is -0.121. The van der Waals surface area contributed by atoms with Crippen molar-refractivity contribution < 1.29 is 13.7 Å². The molecule has 0 fully saturated rings. The standard InChI is InChI=1S/C10H14N2O3S/c1-15-7-10(13)12-16(2,14)9-5-3-8(11)4-6-9/h3-6H,7,11H2,1-2H3. The molecule has 1 amide bonds. The number of carbonyl (C=O) groups is 1. The third-order valence-corrected chi connectivity index (χ3v) is 3.56. The Bertz CT molecular complexity index is 487. The van der Waals surface area contributed by atoms with Crippen molar-refractivity contribution >= 4 is 21.3 Å². The number of rotatable bonds is 3. The minimum Gasteiger partial charge on any atom is -0.399 e. The van der Waals surface area contributed by atoms with E-state index < -0.39 is 15.6 Å². The zero-order valence-electron chi connectivity index (χ0n) is 9.17. The molecule has 0 aromatic heterocycles. The maximum absolute atomic E-state index is 12.1. The molecule has 0 saturated carbocycles. The van der Waals surface area contributed by atoms with Crippen molar-refractivity contribution in [2.45, 2.75) is 4.90 Å². The van der Waals surface area contributed by atoms with Crippen LogP contribution in [0.1, 0.15) is 0 Å². The minimum atomic E-state index is -2.71. The van der Waals surface area contributed by atoms with E-state index in [2.05, 4.69) is 9.10 Å². The first kappa shape index (κ1) is 12.7. The summed E-state index contributed by atoms with van der Waals surface area (Å²) in [6.45, 7) is -0.167. The van der Waals surface area contributed by atoms with E-state index in [9.17, 15) is 9.00 Å². The Labute approximate surface area is 94.8 Å². The number of nitrogens with two attached hydrogens (primary N) is 1. The SMILES string of the molecule is COCC(=O)N=S(C)(=O)c1ccc(N)cc1. The maximum atomic E-state index is 12.1. The van der Waals surface area contributed by atoms with Gasteiger partial charge in [-0.25, -0.2) is 4.21 Å². The van der Waals surface area contributed by atoms with E-state index in [4.69, 9.17) is 5.73 Å². The van der Waals surface area contributed by atoms with Gasteiger partial charge in [-0.3, -0.25) is 4.79 Å². The third-order valence-electron chi connectivity index (χ3n) is 1.86. The monoisotopic (exact) mass is 242 g/mol. The molecule has 1 aromatic rings. The number of amides is 1. The summed E-state index contributed by atoms with van der Waals surface area (Å²) in [5.74, 6) is -0.535. The highest BCUT2D eigenvalue weighted by atomic mass is 32.2. The molecule has 1 rings (SSSR count). The Hall–Kier alpha value is -1.40. The minimum absolute atomic E-state index is 0.167. The van der Waals surface area contributed by atoms with E-state index in [-0.39, 0.29) is 6.61 Å². The van der Waals surface area contributed by atoms with Gasteiger partial charge in [0.1, 0.15) is 6.61 Å². The van der Waals surface area contributed by atoms with Gasteiger partial charge >= 0.3 is 0 Å². The molecular weight excluding hydrogens is 228 g/mol. The Balaban J connectivity index is 3.06. The van der Waals surface area contributed by atoms with E-state index in [0.29, 0.717) is 10.6 Å². The first-order valence-corrected chi connectivity index (χ1v) is 6.47. The Morgan fingerprint density at radius 2 is 2.00 bits per heavy atom. The van der Waals surface area contributed by atoms with E-state index in [1.54, 1.807) is 24.3 Å². The lowest BCUT2D eigenvalue weighted by Crippen LogP contribution is -2.08. The number of nitrogen functional groups attached to an aromatic ring is 1. The van der Waals surface area contributed by atoms with Crippen LogP contribution in [0.15, 0.2) is 33.5 Å². The van der Waals surface area contributed by atoms with Crippen LogP contribution in [0.25, 0.3) is 0 Å². The van der Waals surface area contributed by atoms with Gasteiger partial charge in [-0.05, 0) is 24.3 Å². The number of carbonyl (C=O) groups excluding carboxylic acids is 1. The molecule has 0 aliphatic carbocycles. The van der Waals surface area contributed by atoms with Crippen LogP contribution in [-0.2, 0) is 19.3 Å². The molecule has 16 heavy (non-hydrogen) atoms. The van der Waals surface area contributed by atoms with Crippen molar-refractivity contribution in [3.8, 4) is 0 Å². The number of benzene rings is 1. The summed E-state index contributed by atoms with van der Waals surface area (Å²) in [5.41, 5.74) is 6.08. The molecular formula is C10H14N2O3S. The summed E-state index contributed by atoms with van der Waals surface area (Å²) in [7, 11) is -1.33. The van der Waals surface area contributed by atoms with Crippen molar-refractivity contribution in [3.63, 3.8) is 0 Å². The predicted molar refractivity (Wildman–Crippen MR) is 62.5 cm³/mol. The van der Waals surface area contributed by atoms with Crippen molar-refractivity contribution in [3.05, 3.63) is 24.3 Å². The van der Waals surface area contributed by atoms with Gasteiger partial charge < -0.3 is 10.5 Å². The van der Waals surface area contributed by atoms with Gasteiger partial charge in [-0.1, -0.05) is 0 Å². The van der Waals surface area contributed by atoms with E-state index in [0.717, 1.165) is 0 Å². The van der Waals surface area contributed by atoms with Crippen LogP contribution in [0.4, 0.5) is 5.69 Å². The van der Waals surface area contributed by atoms with Gasteiger partial charge in [-0.15, -0.1) is 0 Å². The molecule has 0 spiro atoms. The van der Waals surface area contributed by atoms with Crippen molar-refractivity contribution in [2.75, 3.05) is 25.7 Å². The smallest absolute Gasteiger partial charge is 0.279 e. The molecule has 2 N–H and O–H groups in total. The number of hydrogen-bond acceptors (Lipinski definition) is 4. The molecule has 0 radical (unpaired) electrons. The Kier molecular flexibility index (Phi) is 4.03. The molecule has 0 aliphatic heterocycles. The van der Waals surface area contributed by atoms with Crippen LogP contribution < -0.4 is 5.73 Å². The molecule has 0 saturated heterocycles. The first-order valence-electron chi connectivity index (χ1n) is 4.55. The second-order valence-electron chi connectivity index (χ2n) is 3.29. The maximum Gasteiger partial charge on any atom is 0.279 e. The van der Waals surface area contributed by atoms with E-state index >= 15 is 0 Å². The number of nitrogens with zero attached hydrogens (tertiary/aromatic N) is 1. The zero-order valence-corrected chi connectivity index (χ0v) is 9.99. The molecule has 1 unspecified atom stereocenters. The van der Waals surface area contributed by atoms with Gasteiger partial charge in [0.2, 0.25) is 0 Å². The second kappa shape index (κ2) is 5.09. The van der Waals surface area contributed by atoms with Gasteiger partial charge in [0.05, 0.1) is 9.73 Å².